The van der Waals surface area contributed by atoms with Crippen LogP contribution in [0.4, 0.5) is 0 Å². The number of aryl methyl sites for hydroxylation is 1. The average molecular weight is 269 g/mol. The van der Waals surface area contributed by atoms with Crippen molar-refractivity contribution < 1.29 is 14.6 Å². The summed E-state index contributed by atoms with van der Waals surface area (Å²) < 4.78 is 11.4. The highest BCUT2D eigenvalue weighted by molar-refractivity contribution is 7.11. The third kappa shape index (κ3) is 2.09. The normalized spacial score (nSPS) is 25.7. The molecule has 0 bridgehead atoms. The molecule has 1 spiro atoms. The average Bonchev–Trinajstić information content (AvgIpc) is 3.04. The molecule has 1 aliphatic heterocycles. The Kier molecular flexibility index (Phi) is 3.18. The van der Waals surface area contributed by atoms with Crippen LogP contribution in [-0.2, 0) is 21.5 Å². The fourth-order valence-electron chi connectivity index (χ4n) is 2.77. The van der Waals surface area contributed by atoms with E-state index in [1.165, 1.54) is 0 Å². The van der Waals surface area contributed by atoms with Gasteiger partial charge in [-0.05, 0) is 19.3 Å². The molecule has 1 saturated heterocycles. The lowest BCUT2D eigenvalue weighted by Gasteiger charge is -2.39. The minimum Gasteiger partial charge on any atom is -0.384 e. The summed E-state index contributed by atoms with van der Waals surface area (Å²) >= 11 is 1.63. The summed E-state index contributed by atoms with van der Waals surface area (Å²) in [7, 11) is 0. The fourth-order valence-corrected chi connectivity index (χ4v) is 3.77. The number of thiazole rings is 1. The number of aromatic nitrogens is 1. The molecule has 1 saturated carbocycles. The van der Waals surface area contributed by atoms with Gasteiger partial charge in [0.25, 0.3) is 0 Å². The largest absolute Gasteiger partial charge is 0.384 e. The van der Waals surface area contributed by atoms with Gasteiger partial charge in [0.1, 0.15) is 5.60 Å². The molecular weight excluding hydrogens is 250 g/mol. The summed E-state index contributed by atoms with van der Waals surface area (Å²) in [5, 5.41) is 11.8. The Hall–Kier alpha value is -0.490. The highest BCUT2D eigenvalue weighted by Gasteiger charge is 2.46. The summed E-state index contributed by atoms with van der Waals surface area (Å²) in [6.07, 6.45) is 5.68. The zero-order chi connectivity index (χ0) is 12.6. The van der Waals surface area contributed by atoms with Crippen molar-refractivity contribution in [2.24, 2.45) is 0 Å². The van der Waals surface area contributed by atoms with Crippen molar-refractivity contribution in [2.45, 2.75) is 50.4 Å². The lowest BCUT2D eigenvalue weighted by Crippen LogP contribution is -2.41. The molecule has 2 fully saturated rings. The van der Waals surface area contributed by atoms with Crippen molar-refractivity contribution in [3.63, 3.8) is 0 Å². The SMILES string of the molecule is CCc1ncc(C2(O)CCC3(CC2)OCCO3)s1. The van der Waals surface area contributed by atoms with Crippen LogP contribution in [-0.4, -0.2) is 29.1 Å². The Morgan fingerprint density at radius 3 is 2.50 bits per heavy atom. The van der Waals surface area contributed by atoms with E-state index in [1.807, 2.05) is 6.20 Å². The van der Waals surface area contributed by atoms with Crippen molar-refractivity contribution in [1.29, 1.82) is 0 Å². The first-order valence-corrected chi connectivity index (χ1v) is 7.43. The van der Waals surface area contributed by atoms with Gasteiger partial charge in [0.15, 0.2) is 5.79 Å². The summed E-state index contributed by atoms with van der Waals surface area (Å²) in [4.78, 5) is 5.33. The predicted octanol–water partition coefficient (Wildman–Crippen LogP) is 2.21. The number of nitrogens with zero attached hydrogens (tertiary/aromatic N) is 1. The third-order valence-corrected chi connectivity index (χ3v) is 5.30. The van der Waals surface area contributed by atoms with Crippen LogP contribution in [0, 0.1) is 0 Å². The molecule has 4 nitrogen and oxygen atoms in total. The molecule has 1 aliphatic carbocycles. The van der Waals surface area contributed by atoms with Gasteiger partial charge in [-0.3, -0.25) is 0 Å². The highest BCUT2D eigenvalue weighted by atomic mass is 32.1. The molecule has 0 atom stereocenters. The van der Waals surface area contributed by atoms with Crippen LogP contribution < -0.4 is 0 Å². The number of rotatable bonds is 2. The predicted molar refractivity (Wildman–Crippen MR) is 68.5 cm³/mol. The van der Waals surface area contributed by atoms with Crippen LogP contribution >= 0.6 is 11.3 Å². The smallest absolute Gasteiger partial charge is 0.168 e. The van der Waals surface area contributed by atoms with Gasteiger partial charge in [0.2, 0.25) is 0 Å². The second kappa shape index (κ2) is 4.56. The quantitative estimate of drug-likeness (QED) is 0.894. The minimum absolute atomic E-state index is 0.412. The summed E-state index contributed by atoms with van der Waals surface area (Å²) in [6, 6.07) is 0. The van der Waals surface area contributed by atoms with E-state index in [2.05, 4.69) is 11.9 Å². The Morgan fingerprint density at radius 1 is 1.28 bits per heavy atom. The van der Waals surface area contributed by atoms with E-state index in [9.17, 15) is 5.11 Å². The first-order valence-electron chi connectivity index (χ1n) is 6.61. The van der Waals surface area contributed by atoms with E-state index in [-0.39, 0.29) is 0 Å². The van der Waals surface area contributed by atoms with Crippen molar-refractivity contribution in [1.82, 2.24) is 4.98 Å². The molecule has 0 aromatic carbocycles. The molecule has 5 heteroatoms. The minimum atomic E-state index is -0.731. The molecule has 1 aromatic heterocycles. The zero-order valence-electron chi connectivity index (χ0n) is 10.6. The maximum absolute atomic E-state index is 10.8. The molecule has 2 heterocycles. The summed E-state index contributed by atoms with van der Waals surface area (Å²) in [5.41, 5.74) is -0.731. The Labute approximate surface area is 111 Å². The molecule has 0 radical (unpaired) electrons. The van der Waals surface area contributed by atoms with E-state index in [1.54, 1.807) is 11.3 Å². The molecule has 1 aromatic rings. The van der Waals surface area contributed by atoms with Crippen molar-refractivity contribution in [2.75, 3.05) is 13.2 Å². The standard InChI is InChI=1S/C13H19NO3S/c1-2-11-14-9-10(18-11)12(15)3-5-13(6-4-12)16-7-8-17-13/h9,15H,2-8H2,1H3. The monoisotopic (exact) mass is 269 g/mol. The summed E-state index contributed by atoms with van der Waals surface area (Å²) in [5.74, 6) is -0.412. The third-order valence-electron chi connectivity index (χ3n) is 3.97. The highest BCUT2D eigenvalue weighted by Crippen LogP contribution is 2.46. The van der Waals surface area contributed by atoms with Crippen molar-refractivity contribution in [3.8, 4) is 0 Å². The van der Waals surface area contributed by atoms with Crippen LogP contribution in [0.1, 0.15) is 42.5 Å². The van der Waals surface area contributed by atoms with Gasteiger partial charge in [-0.2, -0.15) is 0 Å². The number of hydrogen-bond donors (Lipinski definition) is 1. The molecule has 2 aliphatic rings. The molecule has 0 amide bonds. The Morgan fingerprint density at radius 2 is 1.94 bits per heavy atom. The van der Waals surface area contributed by atoms with E-state index in [4.69, 9.17) is 9.47 Å². The summed E-state index contributed by atoms with van der Waals surface area (Å²) in [6.45, 7) is 3.45. The molecule has 100 valence electrons. The number of aliphatic hydroxyl groups is 1. The first kappa shape index (κ1) is 12.5. The van der Waals surface area contributed by atoms with Crippen molar-refractivity contribution in [3.05, 3.63) is 16.1 Å². The first-order chi connectivity index (χ1) is 8.66. The maximum atomic E-state index is 10.8. The fraction of sp³-hybridized carbons (Fsp3) is 0.769. The van der Waals surface area contributed by atoms with E-state index in [0.717, 1.165) is 29.1 Å². The Balaban J connectivity index is 1.73. The maximum Gasteiger partial charge on any atom is 0.168 e. The second-order valence-electron chi connectivity index (χ2n) is 5.11. The topological polar surface area (TPSA) is 51.6 Å². The Bertz CT molecular complexity index is 416. The van der Waals surface area contributed by atoms with Gasteiger partial charge < -0.3 is 14.6 Å². The van der Waals surface area contributed by atoms with Gasteiger partial charge in [0, 0.05) is 19.0 Å². The molecule has 0 unspecified atom stereocenters. The van der Waals surface area contributed by atoms with Crippen LogP contribution in [0.15, 0.2) is 6.20 Å². The van der Waals surface area contributed by atoms with Crippen LogP contribution in [0.25, 0.3) is 0 Å². The van der Waals surface area contributed by atoms with Gasteiger partial charge in [-0.25, -0.2) is 4.98 Å². The van der Waals surface area contributed by atoms with Crippen LogP contribution in [0.5, 0.6) is 0 Å². The number of hydrogen-bond acceptors (Lipinski definition) is 5. The lowest BCUT2D eigenvalue weighted by atomic mass is 9.80. The van der Waals surface area contributed by atoms with Gasteiger partial charge in [-0.1, -0.05) is 6.92 Å². The lowest BCUT2D eigenvalue weighted by molar-refractivity contribution is -0.203. The van der Waals surface area contributed by atoms with Gasteiger partial charge in [0.05, 0.1) is 23.1 Å². The van der Waals surface area contributed by atoms with E-state index in [0.29, 0.717) is 26.1 Å². The van der Waals surface area contributed by atoms with Crippen molar-refractivity contribution >= 4 is 11.3 Å². The molecule has 3 rings (SSSR count). The molecular formula is C13H19NO3S. The molecule has 1 N–H and O–H groups in total. The molecule has 18 heavy (non-hydrogen) atoms. The van der Waals surface area contributed by atoms with E-state index >= 15 is 0 Å². The second-order valence-corrected chi connectivity index (χ2v) is 6.23. The van der Waals surface area contributed by atoms with Gasteiger partial charge >= 0.3 is 0 Å². The zero-order valence-corrected chi connectivity index (χ0v) is 11.5. The van der Waals surface area contributed by atoms with E-state index < -0.39 is 11.4 Å². The van der Waals surface area contributed by atoms with Gasteiger partial charge in [-0.15, -0.1) is 11.3 Å². The van der Waals surface area contributed by atoms with Crippen LogP contribution in [0.3, 0.4) is 0 Å². The van der Waals surface area contributed by atoms with Crippen LogP contribution in [0.2, 0.25) is 0 Å². The number of ether oxygens (including phenoxy) is 2.